The summed E-state index contributed by atoms with van der Waals surface area (Å²) in [7, 11) is 0. The number of thioether (sulfide) groups is 1. The van der Waals surface area contributed by atoms with E-state index in [0.717, 1.165) is 16.5 Å². The molecule has 0 spiro atoms. The molecule has 66 valence electrons. The fraction of sp³-hybridized carbons (Fsp3) is 0.111. The van der Waals surface area contributed by atoms with Gasteiger partial charge < -0.3 is 4.42 Å². The Bertz CT molecular complexity index is 347. The van der Waals surface area contributed by atoms with Gasteiger partial charge in [-0.25, -0.2) is 0 Å². The molecule has 13 heavy (non-hydrogen) atoms. The van der Waals surface area contributed by atoms with Crippen LogP contribution in [0.5, 0.6) is 0 Å². The summed E-state index contributed by atoms with van der Waals surface area (Å²) in [5.41, 5.74) is 0. The Morgan fingerprint density at radius 3 is 3.00 bits per heavy atom. The smallest absolute Gasteiger partial charge is 0.119 e. The van der Waals surface area contributed by atoms with E-state index in [1.165, 1.54) is 0 Å². The van der Waals surface area contributed by atoms with E-state index in [-0.39, 0.29) is 0 Å². The molecule has 0 atom stereocenters. The standard InChI is InChI=1S/C9H8N2OS/c1-4-9(11-10-5-1)13-7-8-3-2-6-12-8/h1-6H,7H2. The van der Waals surface area contributed by atoms with Crippen molar-refractivity contribution in [2.75, 3.05) is 0 Å². The second-order valence-electron chi connectivity index (χ2n) is 2.43. The van der Waals surface area contributed by atoms with Crippen LogP contribution in [0.2, 0.25) is 0 Å². The van der Waals surface area contributed by atoms with Gasteiger partial charge in [-0.15, -0.1) is 5.10 Å². The molecule has 3 nitrogen and oxygen atoms in total. The average molecular weight is 192 g/mol. The minimum Gasteiger partial charge on any atom is -0.468 e. The molecule has 0 N–H and O–H groups in total. The van der Waals surface area contributed by atoms with Gasteiger partial charge in [0.15, 0.2) is 0 Å². The minimum atomic E-state index is 0.797. The van der Waals surface area contributed by atoms with Gasteiger partial charge in [0.05, 0.1) is 12.0 Å². The highest BCUT2D eigenvalue weighted by Gasteiger charge is 1.98. The third-order valence-electron chi connectivity index (χ3n) is 1.49. The molecule has 0 aliphatic carbocycles. The SMILES string of the molecule is c1cnnc(SCc2ccco2)c1. The summed E-state index contributed by atoms with van der Waals surface area (Å²) < 4.78 is 5.19. The van der Waals surface area contributed by atoms with Gasteiger partial charge in [-0.3, -0.25) is 0 Å². The van der Waals surface area contributed by atoms with Gasteiger partial charge >= 0.3 is 0 Å². The Labute approximate surface area is 80.2 Å². The number of furan rings is 1. The lowest BCUT2D eigenvalue weighted by molar-refractivity contribution is 0.530. The Morgan fingerprint density at radius 1 is 1.31 bits per heavy atom. The first kappa shape index (κ1) is 8.31. The summed E-state index contributed by atoms with van der Waals surface area (Å²) in [6.07, 6.45) is 3.34. The van der Waals surface area contributed by atoms with Crippen LogP contribution in [0.15, 0.2) is 46.2 Å². The highest BCUT2D eigenvalue weighted by Crippen LogP contribution is 2.19. The maximum Gasteiger partial charge on any atom is 0.119 e. The summed E-state index contributed by atoms with van der Waals surface area (Å²) in [5, 5.41) is 8.65. The van der Waals surface area contributed by atoms with E-state index in [2.05, 4.69) is 10.2 Å². The van der Waals surface area contributed by atoms with Crippen LogP contribution in [0.1, 0.15) is 5.76 Å². The van der Waals surface area contributed by atoms with E-state index in [1.807, 2.05) is 24.3 Å². The lowest BCUT2D eigenvalue weighted by atomic mass is 10.5. The fourth-order valence-electron chi connectivity index (χ4n) is 0.904. The van der Waals surface area contributed by atoms with E-state index in [1.54, 1.807) is 24.2 Å². The van der Waals surface area contributed by atoms with Crippen LogP contribution >= 0.6 is 11.8 Å². The molecule has 2 aromatic rings. The second kappa shape index (κ2) is 4.09. The predicted octanol–water partition coefficient (Wildman–Crippen LogP) is 2.36. The molecule has 4 heteroatoms. The van der Waals surface area contributed by atoms with Crippen molar-refractivity contribution in [1.82, 2.24) is 10.2 Å². The van der Waals surface area contributed by atoms with Gasteiger partial charge in [-0.05, 0) is 24.3 Å². The normalized spacial score (nSPS) is 10.2. The molecule has 0 aliphatic rings. The first-order valence-electron chi connectivity index (χ1n) is 3.88. The molecular formula is C9H8N2OS. The quantitative estimate of drug-likeness (QED) is 0.700. The zero-order valence-electron chi connectivity index (χ0n) is 6.88. The van der Waals surface area contributed by atoms with Crippen LogP contribution in [0, 0.1) is 0 Å². The second-order valence-corrected chi connectivity index (χ2v) is 3.43. The van der Waals surface area contributed by atoms with Crippen molar-refractivity contribution in [3.05, 3.63) is 42.5 Å². The molecule has 0 unspecified atom stereocenters. The first-order valence-corrected chi connectivity index (χ1v) is 4.86. The Kier molecular flexibility index (Phi) is 2.62. The number of hydrogen-bond donors (Lipinski definition) is 0. The summed E-state index contributed by atoms with van der Waals surface area (Å²) >= 11 is 1.61. The van der Waals surface area contributed by atoms with Gasteiger partial charge in [0.25, 0.3) is 0 Å². The molecule has 0 amide bonds. The molecule has 0 aliphatic heterocycles. The molecule has 0 radical (unpaired) electrons. The molecule has 0 saturated carbocycles. The molecule has 0 bridgehead atoms. The van der Waals surface area contributed by atoms with Crippen LogP contribution in [0.25, 0.3) is 0 Å². The van der Waals surface area contributed by atoms with E-state index in [0.29, 0.717) is 0 Å². The van der Waals surface area contributed by atoms with Gasteiger partial charge in [-0.1, -0.05) is 11.8 Å². The van der Waals surface area contributed by atoms with E-state index >= 15 is 0 Å². The summed E-state index contributed by atoms with van der Waals surface area (Å²) in [4.78, 5) is 0. The van der Waals surface area contributed by atoms with Crippen molar-refractivity contribution in [2.24, 2.45) is 0 Å². The van der Waals surface area contributed by atoms with Crippen LogP contribution in [0.4, 0.5) is 0 Å². The van der Waals surface area contributed by atoms with Crippen LogP contribution < -0.4 is 0 Å². The predicted molar refractivity (Wildman–Crippen MR) is 50.3 cm³/mol. The van der Waals surface area contributed by atoms with Gasteiger partial charge in [0.2, 0.25) is 0 Å². The van der Waals surface area contributed by atoms with Crippen LogP contribution in [-0.2, 0) is 5.75 Å². The van der Waals surface area contributed by atoms with E-state index < -0.39 is 0 Å². The molecule has 2 heterocycles. The molecule has 2 aromatic heterocycles. The summed E-state index contributed by atoms with van der Waals surface area (Å²) in [6, 6.07) is 7.63. The van der Waals surface area contributed by atoms with Crippen molar-refractivity contribution in [3.8, 4) is 0 Å². The van der Waals surface area contributed by atoms with Crippen molar-refractivity contribution in [1.29, 1.82) is 0 Å². The minimum absolute atomic E-state index is 0.797. The topological polar surface area (TPSA) is 38.9 Å². The number of hydrogen-bond acceptors (Lipinski definition) is 4. The van der Waals surface area contributed by atoms with Gasteiger partial charge in [0.1, 0.15) is 10.8 Å². The molecule has 0 aromatic carbocycles. The molecule has 0 fully saturated rings. The maximum atomic E-state index is 5.19. The molecule has 2 rings (SSSR count). The lowest BCUT2D eigenvalue weighted by Crippen LogP contribution is -1.83. The van der Waals surface area contributed by atoms with Crippen molar-refractivity contribution < 1.29 is 4.42 Å². The lowest BCUT2D eigenvalue weighted by Gasteiger charge is -1.95. The Hall–Kier alpha value is -1.29. The third kappa shape index (κ3) is 2.32. The number of aromatic nitrogens is 2. The average Bonchev–Trinajstić information content (AvgIpc) is 2.69. The van der Waals surface area contributed by atoms with Gasteiger partial charge in [0, 0.05) is 6.20 Å². The number of rotatable bonds is 3. The number of nitrogens with zero attached hydrogens (tertiary/aromatic N) is 2. The summed E-state index contributed by atoms with van der Waals surface area (Å²) in [5.74, 6) is 1.75. The zero-order chi connectivity index (χ0) is 8.93. The highest BCUT2D eigenvalue weighted by molar-refractivity contribution is 7.98. The highest BCUT2D eigenvalue weighted by atomic mass is 32.2. The summed E-state index contributed by atoms with van der Waals surface area (Å²) in [6.45, 7) is 0. The van der Waals surface area contributed by atoms with E-state index in [4.69, 9.17) is 4.42 Å². The fourth-order valence-corrected chi connectivity index (χ4v) is 1.64. The largest absolute Gasteiger partial charge is 0.468 e. The van der Waals surface area contributed by atoms with Crippen molar-refractivity contribution in [2.45, 2.75) is 10.8 Å². The van der Waals surface area contributed by atoms with Crippen molar-refractivity contribution in [3.63, 3.8) is 0 Å². The molecular weight excluding hydrogens is 184 g/mol. The Morgan fingerprint density at radius 2 is 2.31 bits per heavy atom. The monoisotopic (exact) mass is 192 g/mol. The first-order chi connectivity index (χ1) is 6.45. The Balaban J connectivity index is 1.94. The third-order valence-corrected chi connectivity index (χ3v) is 2.43. The molecule has 0 saturated heterocycles. The maximum absolute atomic E-state index is 5.19. The van der Waals surface area contributed by atoms with E-state index in [9.17, 15) is 0 Å². The van der Waals surface area contributed by atoms with Crippen LogP contribution in [-0.4, -0.2) is 10.2 Å². The van der Waals surface area contributed by atoms with Crippen LogP contribution in [0.3, 0.4) is 0 Å². The van der Waals surface area contributed by atoms with Gasteiger partial charge in [-0.2, -0.15) is 5.10 Å². The van der Waals surface area contributed by atoms with Crippen molar-refractivity contribution >= 4 is 11.8 Å². The zero-order valence-corrected chi connectivity index (χ0v) is 7.70.